The standard InChI is InChI=1S/C8H15N3O/c1-11-7(9)3-4-8(11)10-5-2-6-12/h3-4,10,12H,2,5-6,9H2,1H3. The van der Waals surface area contributed by atoms with Crippen LogP contribution in [0.1, 0.15) is 6.42 Å². The number of nitrogen functional groups attached to an aromatic ring is 1. The molecule has 0 spiro atoms. The van der Waals surface area contributed by atoms with Gasteiger partial charge in [0.05, 0.1) is 0 Å². The molecule has 0 aliphatic heterocycles. The van der Waals surface area contributed by atoms with E-state index in [-0.39, 0.29) is 6.61 Å². The quantitative estimate of drug-likeness (QED) is 0.572. The summed E-state index contributed by atoms with van der Waals surface area (Å²) >= 11 is 0. The number of nitrogens with zero attached hydrogens (tertiary/aromatic N) is 1. The minimum atomic E-state index is 0.215. The molecule has 1 rings (SSSR count). The Kier molecular flexibility index (Phi) is 2.99. The van der Waals surface area contributed by atoms with E-state index < -0.39 is 0 Å². The minimum absolute atomic E-state index is 0.215. The van der Waals surface area contributed by atoms with Crippen molar-refractivity contribution in [1.29, 1.82) is 0 Å². The lowest BCUT2D eigenvalue weighted by atomic mass is 10.4. The summed E-state index contributed by atoms with van der Waals surface area (Å²) in [6.45, 7) is 0.987. The molecule has 0 radical (unpaired) electrons. The smallest absolute Gasteiger partial charge is 0.107 e. The fourth-order valence-corrected chi connectivity index (χ4v) is 1.00. The van der Waals surface area contributed by atoms with Crippen molar-refractivity contribution in [3.05, 3.63) is 12.1 Å². The summed E-state index contributed by atoms with van der Waals surface area (Å²) < 4.78 is 1.87. The van der Waals surface area contributed by atoms with E-state index >= 15 is 0 Å². The summed E-state index contributed by atoms with van der Waals surface area (Å²) in [7, 11) is 1.90. The van der Waals surface area contributed by atoms with Crippen LogP contribution in [0.3, 0.4) is 0 Å². The highest BCUT2D eigenvalue weighted by molar-refractivity contribution is 5.47. The number of nitrogens with two attached hydrogens (primary N) is 1. The van der Waals surface area contributed by atoms with Crippen molar-refractivity contribution in [3.8, 4) is 0 Å². The third kappa shape index (κ3) is 1.92. The second-order valence-electron chi connectivity index (χ2n) is 2.71. The SMILES string of the molecule is Cn1c(N)ccc1NCCCO. The highest BCUT2D eigenvalue weighted by Gasteiger charge is 1.98. The monoisotopic (exact) mass is 169 g/mol. The number of aliphatic hydroxyl groups excluding tert-OH is 1. The molecule has 0 amide bonds. The average Bonchev–Trinajstić information content (AvgIpc) is 2.36. The first kappa shape index (κ1) is 8.93. The molecule has 0 atom stereocenters. The first-order valence-corrected chi connectivity index (χ1v) is 4.01. The van der Waals surface area contributed by atoms with Gasteiger partial charge in [0, 0.05) is 20.2 Å². The number of anilines is 2. The van der Waals surface area contributed by atoms with Crippen LogP contribution in [0.5, 0.6) is 0 Å². The molecule has 4 N–H and O–H groups in total. The van der Waals surface area contributed by atoms with Gasteiger partial charge < -0.3 is 20.7 Å². The Hall–Kier alpha value is -1.16. The van der Waals surface area contributed by atoms with Crippen LogP contribution >= 0.6 is 0 Å². The zero-order valence-corrected chi connectivity index (χ0v) is 7.25. The number of hydrogen-bond acceptors (Lipinski definition) is 3. The van der Waals surface area contributed by atoms with E-state index in [9.17, 15) is 0 Å². The normalized spacial score (nSPS) is 10.2. The Morgan fingerprint density at radius 3 is 2.83 bits per heavy atom. The van der Waals surface area contributed by atoms with Gasteiger partial charge in [-0.3, -0.25) is 0 Å². The Balaban J connectivity index is 2.46. The highest BCUT2D eigenvalue weighted by atomic mass is 16.3. The molecule has 4 nitrogen and oxygen atoms in total. The summed E-state index contributed by atoms with van der Waals surface area (Å²) in [5.74, 6) is 1.72. The maximum Gasteiger partial charge on any atom is 0.107 e. The van der Waals surface area contributed by atoms with Crippen LogP contribution in [0.25, 0.3) is 0 Å². The van der Waals surface area contributed by atoms with Gasteiger partial charge >= 0.3 is 0 Å². The molecule has 1 aromatic rings. The van der Waals surface area contributed by atoms with Gasteiger partial charge in [0.2, 0.25) is 0 Å². The third-order valence-corrected chi connectivity index (χ3v) is 1.80. The van der Waals surface area contributed by atoms with Crippen LogP contribution in [-0.2, 0) is 7.05 Å². The lowest BCUT2D eigenvalue weighted by Crippen LogP contribution is -2.07. The van der Waals surface area contributed by atoms with E-state index in [0.717, 1.165) is 24.6 Å². The van der Waals surface area contributed by atoms with Crippen LogP contribution in [0.2, 0.25) is 0 Å². The maximum atomic E-state index is 8.55. The maximum absolute atomic E-state index is 8.55. The highest BCUT2D eigenvalue weighted by Crippen LogP contribution is 2.13. The van der Waals surface area contributed by atoms with Gasteiger partial charge in [-0.25, -0.2) is 0 Å². The molecule has 4 heteroatoms. The molecule has 0 fully saturated rings. The molecule has 12 heavy (non-hydrogen) atoms. The summed E-state index contributed by atoms with van der Waals surface area (Å²) in [5.41, 5.74) is 5.62. The fraction of sp³-hybridized carbons (Fsp3) is 0.500. The summed E-state index contributed by atoms with van der Waals surface area (Å²) in [6, 6.07) is 3.77. The van der Waals surface area contributed by atoms with Gasteiger partial charge in [0.15, 0.2) is 0 Å². The summed E-state index contributed by atoms with van der Waals surface area (Å²) in [6.07, 6.45) is 0.755. The molecule has 0 saturated carbocycles. The molecule has 0 aromatic carbocycles. The molecule has 68 valence electrons. The van der Waals surface area contributed by atoms with Crippen LogP contribution in [0.4, 0.5) is 11.6 Å². The van der Waals surface area contributed by atoms with E-state index in [0.29, 0.717) is 0 Å². The molecule has 0 saturated heterocycles. The van der Waals surface area contributed by atoms with Crippen molar-refractivity contribution in [1.82, 2.24) is 4.57 Å². The summed E-state index contributed by atoms with van der Waals surface area (Å²) in [5, 5.41) is 11.7. The predicted octanol–water partition coefficient (Wildman–Crippen LogP) is 0.402. The van der Waals surface area contributed by atoms with Gasteiger partial charge in [0.1, 0.15) is 11.6 Å². The molecular formula is C8H15N3O. The van der Waals surface area contributed by atoms with Crippen LogP contribution in [-0.4, -0.2) is 22.8 Å². The van der Waals surface area contributed by atoms with E-state index in [2.05, 4.69) is 5.32 Å². The largest absolute Gasteiger partial charge is 0.396 e. The number of hydrogen-bond donors (Lipinski definition) is 3. The van der Waals surface area contributed by atoms with E-state index in [1.807, 2.05) is 23.7 Å². The lowest BCUT2D eigenvalue weighted by molar-refractivity contribution is 0.292. The van der Waals surface area contributed by atoms with Crippen molar-refractivity contribution >= 4 is 11.6 Å². The van der Waals surface area contributed by atoms with Crippen molar-refractivity contribution in [2.24, 2.45) is 7.05 Å². The Morgan fingerprint density at radius 2 is 2.33 bits per heavy atom. The molecule has 0 aliphatic rings. The van der Waals surface area contributed by atoms with Gasteiger partial charge in [-0.2, -0.15) is 0 Å². The number of nitrogens with one attached hydrogen (secondary N) is 1. The zero-order chi connectivity index (χ0) is 8.97. The Labute approximate surface area is 72.0 Å². The predicted molar refractivity (Wildman–Crippen MR) is 50.0 cm³/mol. The van der Waals surface area contributed by atoms with E-state index in [1.54, 1.807) is 0 Å². The van der Waals surface area contributed by atoms with Gasteiger partial charge in [-0.05, 0) is 18.6 Å². The fourth-order valence-electron chi connectivity index (χ4n) is 1.00. The van der Waals surface area contributed by atoms with Crippen molar-refractivity contribution in [2.45, 2.75) is 6.42 Å². The average molecular weight is 169 g/mol. The summed E-state index contributed by atoms with van der Waals surface area (Å²) in [4.78, 5) is 0. The first-order chi connectivity index (χ1) is 5.75. The second-order valence-corrected chi connectivity index (χ2v) is 2.71. The molecule has 0 bridgehead atoms. The van der Waals surface area contributed by atoms with Gasteiger partial charge in [-0.15, -0.1) is 0 Å². The van der Waals surface area contributed by atoms with Crippen molar-refractivity contribution < 1.29 is 5.11 Å². The molecule has 1 heterocycles. The Bertz CT molecular complexity index is 244. The first-order valence-electron chi connectivity index (χ1n) is 4.01. The van der Waals surface area contributed by atoms with Gasteiger partial charge in [-0.1, -0.05) is 0 Å². The third-order valence-electron chi connectivity index (χ3n) is 1.80. The van der Waals surface area contributed by atoms with Gasteiger partial charge in [0.25, 0.3) is 0 Å². The lowest BCUT2D eigenvalue weighted by Gasteiger charge is -2.06. The molecule has 1 aromatic heterocycles. The van der Waals surface area contributed by atoms with Crippen LogP contribution in [0.15, 0.2) is 12.1 Å². The minimum Gasteiger partial charge on any atom is -0.396 e. The molecular weight excluding hydrogens is 154 g/mol. The Morgan fingerprint density at radius 1 is 1.58 bits per heavy atom. The van der Waals surface area contributed by atoms with E-state index in [4.69, 9.17) is 10.8 Å². The van der Waals surface area contributed by atoms with E-state index in [1.165, 1.54) is 0 Å². The number of aromatic nitrogens is 1. The topological polar surface area (TPSA) is 63.2 Å². The number of aliphatic hydroxyl groups is 1. The van der Waals surface area contributed by atoms with Crippen LogP contribution < -0.4 is 11.1 Å². The second kappa shape index (κ2) is 4.01. The molecule has 0 unspecified atom stereocenters. The number of rotatable bonds is 4. The van der Waals surface area contributed by atoms with Crippen molar-refractivity contribution in [3.63, 3.8) is 0 Å². The zero-order valence-electron chi connectivity index (χ0n) is 7.25. The van der Waals surface area contributed by atoms with Crippen LogP contribution in [0, 0.1) is 0 Å². The van der Waals surface area contributed by atoms with Crippen molar-refractivity contribution in [2.75, 3.05) is 24.2 Å². The molecule has 0 aliphatic carbocycles.